The van der Waals surface area contributed by atoms with Gasteiger partial charge in [0.15, 0.2) is 5.96 Å². The van der Waals surface area contributed by atoms with E-state index in [2.05, 4.69) is 10.3 Å². The number of anilines is 1. The molecule has 0 fully saturated rings. The lowest BCUT2D eigenvalue weighted by atomic mass is 10.1. The van der Waals surface area contributed by atoms with E-state index in [1.165, 1.54) is 0 Å². The minimum Gasteiger partial charge on any atom is -0.496 e. The van der Waals surface area contributed by atoms with Gasteiger partial charge < -0.3 is 20.5 Å². The number of ether oxygens (including phenoxy) is 2. The number of guanidine groups is 1. The number of nitrogens with zero attached hydrogens (tertiary/aromatic N) is 1. The largest absolute Gasteiger partial charge is 0.496 e. The lowest BCUT2D eigenvalue weighted by Crippen LogP contribution is -2.26. The number of methoxy groups -OCH3 is 1. The molecule has 0 bridgehead atoms. The van der Waals surface area contributed by atoms with Gasteiger partial charge in [0.25, 0.3) is 0 Å². The van der Waals surface area contributed by atoms with Crippen LogP contribution in [0.1, 0.15) is 18.4 Å². The highest BCUT2D eigenvalue weighted by Crippen LogP contribution is 2.15. The first-order valence-electron chi connectivity index (χ1n) is 6.74. The maximum atomic E-state index is 5.91. The standard InChI is InChI=1S/C15H21N3O2/c1-19-11-12-6-2-3-8-14(12)18-15(16)17-10-13-7-4-5-9-20-13/h2-3,5-6,8-9,13H,4,7,10-11H2,1H3,(H3,16,17,18). The van der Waals surface area contributed by atoms with E-state index in [-0.39, 0.29) is 6.10 Å². The SMILES string of the molecule is COCc1ccccc1NC(N)=NCC1CCC=CO1. The third-order valence-corrected chi connectivity index (χ3v) is 3.07. The number of hydrogen-bond donors (Lipinski definition) is 2. The summed E-state index contributed by atoms with van der Waals surface area (Å²) in [6.45, 7) is 1.10. The fraction of sp³-hybridized carbons (Fsp3) is 0.400. The van der Waals surface area contributed by atoms with Gasteiger partial charge in [-0.15, -0.1) is 0 Å². The second-order valence-electron chi connectivity index (χ2n) is 4.65. The number of nitrogens with two attached hydrogens (primary N) is 1. The third kappa shape index (κ3) is 4.28. The molecule has 1 aromatic carbocycles. The van der Waals surface area contributed by atoms with Gasteiger partial charge in [0, 0.05) is 18.4 Å². The van der Waals surface area contributed by atoms with Gasteiger partial charge in [0.1, 0.15) is 6.10 Å². The maximum absolute atomic E-state index is 5.91. The van der Waals surface area contributed by atoms with Gasteiger partial charge >= 0.3 is 0 Å². The van der Waals surface area contributed by atoms with Crippen LogP contribution in [0.3, 0.4) is 0 Å². The molecule has 0 saturated heterocycles. The third-order valence-electron chi connectivity index (χ3n) is 3.07. The highest BCUT2D eigenvalue weighted by atomic mass is 16.5. The molecular weight excluding hydrogens is 254 g/mol. The van der Waals surface area contributed by atoms with E-state index in [0.29, 0.717) is 19.1 Å². The molecule has 20 heavy (non-hydrogen) atoms. The molecule has 0 spiro atoms. The molecule has 5 nitrogen and oxygen atoms in total. The lowest BCUT2D eigenvalue weighted by molar-refractivity contribution is 0.131. The molecule has 0 amide bonds. The number of benzene rings is 1. The molecule has 0 aromatic heterocycles. The molecule has 1 aliphatic heterocycles. The first-order valence-corrected chi connectivity index (χ1v) is 6.74. The van der Waals surface area contributed by atoms with E-state index >= 15 is 0 Å². The van der Waals surface area contributed by atoms with Crippen LogP contribution in [-0.2, 0) is 16.1 Å². The summed E-state index contributed by atoms with van der Waals surface area (Å²) in [5, 5.41) is 3.11. The molecule has 5 heteroatoms. The average molecular weight is 275 g/mol. The van der Waals surface area contributed by atoms with Crippen molar-refractivity contribution < 1.29 is 9.47 Å². The predicted molar refractivity (Wildman–Crippen MR) is 80.5 cm³/mol. The summed E-state index contributed by atoms with van der Waals surface area (Å²) in [4.78, 5) is 4.33. The van der Waals surface area contributed by atoms with Crippen molar-refractivity contribution in [1.82, 2.24) is 0 Å². The fourth-order valence-electron chi connectivity index (χ4n) is 2.02. The van der Waals surface area contributed by atoms with Gasteiger partial charge in [0.2, 0.25) is 0 Å². The van der Waals surface area contributed by atoms with Gasteiger partial charge in [0.05, 0.1) is 19.4 Å². The summed E-state index contributed by atoms with van der Waals surface area (Å²) in [6.07, 6.45) is 5.89. The van der Waals surface area contributed by atoms with Crippen molar-refractivity contribution in [1.29, 1.82) is 0 Å². The highest BCUT2D eigenvalue weighted by Gasteiger charge is 2.10. The predicted octanol–water partition coefficient (Wildman–Crippen LogP) is 2.25. The van der Waals surface area contributed by atoms with Crippen molar-refractivity contribution >= 4 is 11.6 Å². The Labute approximate surface area is 119 Å². The number of hydrogen-bond acceptors (Lipinski definition) is 3. The zero-order chi connectivity index (χ0) is 14.2. The summed E-state index contributed by atoms with van der Waals surface area (Å²) in [6, 6.07) is 7.86. The van der Waals surface area contributed by atoms with Gasteiger partial charge in [-0.05, 0) is 25.0 Å². The maximum Gasteiger partial charge on any atom is 0.193 e. The Balaban J connectivity index is 1.93. The van der Waals surface area contributed by atoms with E-state index in [4.69, 9.17) is 15.2 Å². The van der Waals surface area contributed by atoms with Crippen molar-refractivity contribution in [2.24, 2.45) is 10.7 Å². The van der Waals surface area contributed by atoms with E-state index in [1.54, 1.807) is 13.4 Å². The Kier molecular flexibility index (Phi) is 5.43. The van der Waals surface area contributed by atoms with E-state index in [9.17, 15) is 0 Å². The number of nitrogens with one attached hydrogen (secondary N) is 1. The Morgan fingerprint density at radius 1 is 1.50 bits per heavy atom. The monoisotopic (exact) mass is 275 g/mol. The van der Waals surface area contributed by atoms with Crippen LogP contribution in [0.15, 0.2) is 41.6 Å². The van der Waals surface area contributed by atoms with E-state index < -0.39 is 0 Å². The zero-order valence-corrected chi connectivity index (χ0v) is 11.7. The van der Waals surface area contributed by atoms with E-state index in [1.807, 2.05) is 30.3 Å². The average Bonchev–Trinajstić information content (AvgIpc) is 2.49. The fourth-order valence-corrected chi connectivity index (χ4v) is 2.02. The Bertz CT molecular complexity index is 486. The number of para-hydroxylation sites is 1. The van der Waals surface area contributed by atoms with Gasteiger partial charge in [-0.2, -0.15) is 0 Å². The van der Waals surface area contributed by atoms with E-state index in [0.717, 1.165) is 24.1 Å². The zero-order valence-electron chi connectivity index (χ0n) is 11.7. The molecule has 0 saturated carbocycles. The van der Waals surface area contributed by atoms with Crippen LogP contribution in [-0.4, -0.2) is 25.7 Å². The van der Waals surface area contributed by atoms with Crippen LogP contribution in [0.2, 0.25) is 0 Å². The smallest absolute Gasteiger partial charge is 0.193 e. The van der Waals surface area contributed by atoms with Crippen molar-refractivity contribution in [2.45, 2.75) is 25.6 Å². The quantitative estimate of drug-likeness (QED) is 0.639. The summed E-state index contributed by atoms with van der Waals surface area (Å²) in [5.74, 6) is 0.395. The van der Waals surface area contributed by atoms with Crippen molar-refractivity contribution in [2.75, 3.05) is 19.0 Å². The van der Waals surface area contributed by atoms with Crippen molar-refractivity contribution in [3.63, 3.8) is 0 Å². The number of rotatable bonds is 5. The topological polar surface area (TPSA) is 68.9 Å². The molecule has 1 aromatic rings. The molecule has 1 atom stereocenters. The number of aliphatic imine (C=N–C) groups is 1. The lowest BCUT2D eigenvalue weighted by Gasteiger charge is -2.17. The molecule has 1 heterocycles. The second-order valence-corrected chi connectivity index (χ2v) is 4.65. The molecule has 0 aliphatic carbocycles. The molecule has 1 unspecified atom stereocenters. The van der Waals surface area contributed by atoms with Crippen LogP contribution in [0, 0.1) is 0 Å². The minimum atomic E-state index is 0.120. The molecule has 2 rings (SSSR count). The van der Waals surface area contributed by atoms with Crippen molar-refractivity contribution in [3.8, 4) is 0 Å². The van der Waals surface area contributed by atoms with Crippen molar-refractivity contribution in [3.05, 3.63) is 42.2 Å². The Morgan fingerprint density at radius 2 is 2.35 bits per heavy atom. The van der Waals surface area contributed by atoms with Crippen LogP contribution in [0.5, 0.6) is 0 Å². The molecule has 1 aliphatic rings. The van der Waals surface area contributed by atoms with Crippen LogP contribution < -0.4 is 11.1 Å². The first-order chi connectivity index (χ1) is 9.79. The minimum absolute atomic E-state index is 0.120. The molecule has 3 N–H and O–H groups in total. The summed E-state index contributed by atoms with van der Waals surface area (Å²) >= 11 is 0. The van der Waals surface area contributed by atoms with Crippen LogP contribution >= 0.6 is 0 Å². The first kappa shape index (κ1) is 14.4. The molecule has 0 radical (unpaired) electrons. The summed E-state index contributed by atoms with van der Waals surface area (Å²) in [7, 11) is 1.67. The van der Waals surface area contributed by atoms with Crippen LogP contribution in [0.25, 0.3) is 0 Å². The molecule has 108 valence electrons. The second kappa shape index (κ2) is 7.55. The van der Waals surface area contributed by atoms with Crippen LogP contribution in [0.4, 0.5) is 5.69 Å². The highest BCUT2D eigenvalue weighted by molar-refractivity contribution is 5.92. The number of allylic oxidation sites excluding steroid dienone is 1. The van der Waals surface area contributed by atoms with Gasteiger partial charge in [-0.3, -0.25) is 0 Å². The Hall–Kier alpha value is -2.01. The normalized spacial score (nSPS) is 18.6. The summed E-state index contributed by atoms with van der Waals surface area (Å²) in [5.41, 5.74) is 7.88. The molecular formula is C15H21N3O2. The van der Waals surface area contributed by atoms with Gasteiger partial charge in [-0.25, -0.2) is 4.99 Å². The Morgan fingerprint density at radius 3 is 3.10 bits per heavy atom. The van der Waals surface area contributed by atoms with Gasteiger partial charge in [-0.1, -0.05) is 18.2 Å². The summed E-state index contributed by atoms with van der Waals surface area (Å²) < 4.78 is 10.6.